The van der Waals surface area contributed by atoms with Crippen molar-refractivity contribution in [3.05, 3.63) is 51.8 Å². The molecule has 1 saturated heterocycles. The van der Waals surface area contributed by atoms with Crippen LogP contribution >= 0.6 is 15.9 Å². The zero-order valence-corrected chi connectivity index (χ0v) is 15.5. The van der Waals surface area contributed by atoms with Crippen molar-refractivity contribution in [1.29, 1.82) is 0 Å². The van der Waals surface area contributed by atoms with Crippen molar-refractivity contribution in [3.63, 3.8) is 0 Å². The van der Waals surface area contributed by atoms with E-state index in [1.54, 1.807) is 9.58 Å². The summed E-state index contributed by atoms with van der Waals surface area (Å²) in [5.74, 6) is 0. The summed E-state index contributed by atoms with van der Waals surface area (Å²) in [7, 11) is 1.86. The summed E-state index contributed by atoms with van der Waals surface area (Å²) < 4.78 is 2.65. The molecular formula is C17H21BrN4O2. The van der Waals surface area contributed by atoms with Crippen LogP contribution in [-0.2, 0) is 12.6 Å². The molecule has 2 amide bonds. The van der Waals surface area contributed by atoms with Gasteiger partial charge in [-0.05, 0) is 31.5 Å². The van der Waals surface area contributed by atoms with Gasteiger partial charge in [0, 0.05) is 23.3 Å². The lowest BCUT2D eigenvalue weighted by Crippen LogP contribution is -2.63. The number of nitrogens with zero attached hydrogens (tertiary/aromatic N) is 3. The minimum atomic E-state index is -0.978. The SMILES string of the molecule is Cc1nn(C)cc1C(C)NC(=O)N1CC(O)(c2cccc(Br)c2)C1. The first-order valence-electron chi connectivity index (χ1n) is 7.82. The number of urea groups is 1. The highest BCUT2D eigenvalue weighted by Gasteiger charge is 2.45. The first kappa shape index (κ1) is 17.0. The molecule has 128 valence electrons. The predicted molar refractivity (Wildman–Crippen MR) is 94.5 cm³/mol. The third-order valence-corrected chi connectivity index (χ3v) is 4.91. The molecule has 1 aliphatic rings. The molecule has 2 N–H and O–H groups in total. The second kappa shape index (κ2) is 6.22. The van der Waals surface area contributed by atoms with Crippen LogP contribution in [0.1, 0.15) is 29.8 Å². The fourth-order valence-electron chi connectivity index (χ4n) is 3.09. The number of likely N-dealkylation sites (tertiary alicyclic amines) is 1. The van der Waals surface area contributed by atoms with Crippen molar-refractivity contribution in [2.45, 2.75) is 25.5 Å². The molecule has 1 aliphatic heterocycles. The highest BCUT2D eigenvalue weighted by atomic mass is 79.9. The standard InChI is InChI=1S/C17H21BrN4O2/c1-11(15-8-21(3)20-12(15)2)19-16(23)22-9-17(24,10-22)13-5-4-6-14(18)7-13/h4-8,11,24H,9-10H2,1-3H3,(H,19,23). The largest absolute Gasteiger partial charge is 0.381 e. The van der Waals surface area contributed by atoms with E-state index in [2.05, 4.69) is 26.3 Å². The van der Waals surface area contributed by atoms with Crippen LogP contribution in [-0.4, -0.2) is 38.9 Å². The van der Waals surface area contributed by atoms with Crippen LogP contribution < -0.4 is 5.32 Å². The Morgan fingerprint density at radius 3 is 2.75 bits per heavy atom. The molecule has 1 aromatic heterocycles. The van der Waals surface area contributed by atoms with Crippen LogP contribution in [0.5, 0.6) is 0 Å². The molecule has 2 heterocycles. The lowest BCUT2D eigenvalue weighted by atomic mass is 9.86. The number of rotatable bonds is 3. The van der Waals surface area contributed by atoms with Crippen molar-refractivity contribution in [2.24, 2.45) is 7.05 Å². The maximum atomic E-state index is 12.4. The van der Waals surface area contributed by atoms with E-state index in [9.17, 15) is 9.90 Å². The summed E-state index contributed by atoms with van der Waals surface area (Å²) in [6.07, 6.45) is 1.91. The van der Waals surface area contributed by atoms with Gasteiger partial charge in [0.25, 0.3) is 0 Å². The van der Waals surface area contributed by atoms with Crippen LogP contribution in [0.4, 0.5) is 4.79 Å². The zero-order chi connectivity index (χ0) is 17.5. The molecule has 1 unspecified atom stereocenters. The Labute approximate surface area is 149 Å². The number of aryl methyl sites for hydroxylation is 2. The van der Waals surface area contributed by atoms with Gasteiger partial charge in [-0.2, -0.15) is 5.10 Å². The first-order valence-corrected chi connectivity index (χ1v) is 8.62. The molecule has 7 heteroatoms. The lowest BCUT2D eigenvalue weighted by Gasteiger charge is -2.46. The van der Waals surface area contributed by atoms with E-state index < -0.39 is 5.60 Å². The van der Waals surface area contributed by atoms with Crippen molar-refractivity contribution >= 4 is 22.0 Å². The van der Waals surface area contributed by atoms with Gasteiger partial charge >= 0.3 is 6.03 Å². The van der Waals surface area contributed by atoms with Gasteiger partial charge in [0.15, 0.2) is 0 Å². The van der Waals surface area contributed by atoms with E-state index in [1.807, 2.05) is 51.4 Å². The maximum absolute atomic E-state index is 12.4. The van der Waals surface area contributed by atoms with Gasteiger partial charge in [0.1, 0.15) is 5.60 Å². The van der Waals surface area contributed by atoms with Crippen LogP contribution in [0.3, 0.4) is 0 Å². The normalized spacial score (nSPS) is 17.3. The number of benzene rings is 1. The predicted octanol–water partition coefficient (Wildman–Crippen LogP) is 2.47. The van der Waals surface area contributed by atoms with Crippen LogP contribution in [0.15, 0.2) is 34.9 Å². The van der Waals surface area contributed by atoms with Gasteiger partial charge in [-0.25, -0.2) is 4.79 Å². The van der Waals surface area contributed by atoms with Crippen molar-refractivity contribution in [2.75, 3.05) is 13.1 Å². The Morgan fingerprint density at radius 1 is 1.46 bits per heavy atom. The number of carbonyl (C=O) groups excluding carboxylic acids is 1. The fraction of sp³-hybridized carbons (Fsp3) is 0.412. The molecule has 6 nitrogen and oxygen atoms in total. The van der Waals surface area contributed by atoms with E-state index in [1.165, 1.54) is 0 Å². The summed E-state index contributed by atoms with van der Waals surface area (Å²) in [5, 5.41) is 17.9. The average molecular weight is 393 g/mol. The highest BCUT2D eigenvalue weighted by Crippen LogP contribution is 2.33. The van der Waals surface area contributed by atoms with E-state index in [0.29, 0.717) is 0 Å². The molecule has 2 aromatic rings. The number of amides is 2. The van der Waals surface area contributed by atoms with Crippen molar-refractivity contribution in [1.82, 2.24) is 20.0 Å². The van der Waals surface area contributed by atoms with Crippen LogP contribution in [0, 0.1) is 6.92 Å². The van der Waals surface area contributed by atoms with Gasteiger partial charge in [-0.15, -0.1) is 0 Å². The third-order valence-electron chi connectivity index (χ3n) is 4.41. The minimum absolute atomic E-state index is 0.134. The Morgan fingerprint density at radius 2 is 2.17 bits per heavy atom. The fourth-order valence-corrected chi connectivity index (χ4v) is 3.49. The number of β-amino-alcohol motifs (C(OH)–C–C–N with tert-alkyl or cyclic N) is 1. The van der Waals surface area contributed by atoms with Gasteiger partial charge in [-0.1, -0.05) is 28.1 Å². The Bertz CT molecular complexity index is 768. The summed E-state index contributed by atoms with van der Waals surface area (Å²) in [4.78, 5) is 14.0. The molecule has 1 aromatic carbocycles. The van der Waals surface area contributed by atoms with E-state index in [0.717, 1.165) is 21.3 Å². The second-order valence-electron chi connectivity index (χ2n) is 6.41. The summed E-state index contributed by atoms with van der Waals surface area (Å²) in [6, 6.07) is 7.25. The first-order chi connectivity index (χ1) is 11.3. The van der Waals surface area contributed by atoms with E-state index >= 15 is 0 Å². The molecule has 1 atom stereocenters. The number of aromatic nitrogens is 2. The number of halogens is 1. The molecule has 0 bridgehead atoms. The van der Waals surface area contributed by atoms with E-state index in [4.69, 9.17) is 0 Å². The van der Waals surface area contributed by atoms with Crippen LogP contribution in [0.2, 0.25) is 0 Å². The molecule has 3 rings (SSSR count). The Hall–Kier alpha value is -1.86. The number of aliphatic hydroxyl groups is 1. The topological polar surface area (TPSA) is 70.4 Å². The molecular weight excluding hydrogens is 372 g/mol. The monoisotopic (exact) mass is 392 g/mol. The summed E-state index contributed by atoms with van der Waals surface area (Å²) in [5.41, 5.74) is 1.74. The average Bonchev–Trinajstić information content (AvgIpc) is 2.82. The van der Waals surface area contributed by atoms with Crippen LogP contribution in [0.25, 0.3) is 0 Å². The Kier molecular flexibility index (Phi) is 4.40. The smallest absolute Gasteiger partial charge is 0.318 e. The Balaban J connectivity index is 1.61. The maximum Gasteiger partial charge on any atom is 0.318 e. The van der Waals surface area contributed by atoms with Gasteiger partial charge < -0.3 is 15.3 Å². The van der Waals surface area contributed by atoms with E-state index in [-0.39, 0.29) is 25.2 Å². The number of nitrogens with one attached hydrogen (secondary N) is 1. The molecule has 1 fully saturated rings. The van der Waals surface area contributed by atoms with Gasteiger partial charge in [-0.3, -0.25) is 4.68 Å². The molecule has 0 spiro atoms. The zero-order valence-electron chi connectivity index (χ0n) is 14.0. The lowest BCUT2D eigenvalue weighted by molar-refractivity contribution is -0.0819. The third kappa shape index (κ3) is 3.18. The molecule has 0 radical (unpaired) electrons. The van der Waals surface area contributed by atoms with Gasteiger partial charge in [0.05, 0.1) is 24.8 Å². The molecule has 24 heavy (non-hydrogen) atoms. The number of hydrogen-bond acceptors (Lipinski definition) is 3. The molecule has 0 aliphatic carbocycles. The summed E-state index contributed by atoms with van der Waals surface area (Å²) in [6.45, 7) is 4.43. The number of hydrogen-bond donors (Lipinski definition) is 2. The molecule has 0 saturated carbocycles. The summed E-state index contributed by atoms with van der Waals surface area (Å²) >= 11 is 3.41. The van der Waals surface area contributed by atoms with Gasteiger partial charge in [0.2, 0.25) is 0 Å². The minimum Gasteiger partial charge on any atom is -0.381 e. The quantitative estimate of drug-likeness (QED) is 0.842. The second-order valence-corrected chi connectivity index (χ2v) is 7.33. The van der Waals surface area contributed by atoms with Crippen molar-refractivity contribution in [3.8, 4) is 0 Å². The highest BCUT2D eigenvalue weighted by molar-refractivity contribution is 9.10. The number of carbonyl (C=O) groups is 1. The van der Waals surface area contributed by atoms with Crippen molar-refractivity contribution < 1.29 is 9.90 Å².